The summed E-state index contributed by atoms with van der Waals surface area (Å²) < 4.78 is 0. The van der Waals surface area contributed by atoms with Crippen molar-refractivity contribution in [2.45, 2.75) is 38.0 Å². The van der Waals surface area contributed by atoms with Gasteiger partial charge in [-0.3, -0.25) is 4.79 Å². The Labute approximate surface area is 103 Å². The van der Waals surface area contributed by atoms with Gasteiger partial charge in [-0.1, -0.05) is 37.3 Å². The molecule has 0 aromatic heterocycles. The molecule has 1 fully saturated rings. The third kappa shape index (κ3) is 2.13. The van der Waals surface area contributed by atoms with E-state index in [4.69, 9.17) is 6.42 Å². The van der Waals surface area contributed by atoms with E-state index in [1.54, 1.807) is 0 Å². The average Bonchev–Trinajstić information content (AvgIpc) is 2.40. The monoisotopic (exact) mass is 226 g/mol. The number of hydrogen-bond donors (Lipinski definition) is 0. The summed E-state index contributed by atoms with van der Waals surface area (Å²) in [4.78, 5) is 12.2. The molecule has 17 heavy (non-hydrogen) atoms. The van der Waals surface area contributed by atoms with Crippen molar-refractivity contribution in [2.24, 2.45) is 5.92 Å². The predicted molar refractivity (Wildman–Crippen MR) is 69.6 cm³/mol. The highest BCUT2D eigenvalue weighted by molar-refractivity contribution is 6.03. The maximum absolute atomic E-state index is 12.2. The summed E-state index contributed by atoms with van der Waals surface area (Å²) >= 11 is 0. The van der Waals surface area contributed by atoms with Crippen LogP contribution in [0.25, 0.3) is 0 Å². The van der Waals surface area contributed by atoms with Crippen LogP contribution in [-0.4, -0.2) is 5.78 Å². The van der Waals surface area contributed by atoms with E-state index in [0.717, 1.165) is 31.2 Å². The molecule has 88 valence electrons. The quantitative estimate of drug-likeness (QED) is 0.558. The fraction of sp³-hybridized carbons (Fsp3) is 0.438. The van der Waals surface area contributed by atoms with Gasteiger partial charge in [0.05, 0.1) is 5.41 Å². The number of ketones is 1. The molecular formula is C16H18O. The van der Waals surface area contributed by atoms with Gasteiger partial charge in [0.25, 0.3) is 0 Å². The van der Waals surface area contributed by atoms with Crippen molar-refractivity contribution in [1.82, 2.24) is 0 Å². The first-order valence-corrected chi connectivity index (χ1v) is 6.25. The fourth-order valence-electron chi connectivity index (χ4n) is 2.80. The van der Waals surface area contributed by atoms with Gasteiger partial charge >= 0.3 is 0 Å². The minimum atomic E-state index is -0.414. The smallest absolute Gasteiger partial charge is 0.215 e. The van der Waals surface area contributed by atoms with E-state index in [1.165, 1.54) is 0 Å². The first-order chi connectivity index (χ1) is 8.19. The maximum atomic E-state index is 12.2. The molecule has 0 aliphatic heterocycles. The van der Waals surface area contributed by atoms with Gasteiger partial charge in [0.1, 0.15) is 0 Å². The van der Waals surface area contributed by atoms with E-state index >= 15 is 0 Å². The standard InChI is InChI=1S/C16H18O/c1-3-15(17)16(11-9-13(2)10-12-16)14-7-5-4-6-8-14/h1,4-8,13H,9-12H2,2H3/t13-,16+. The zero-order chi connectivity index (χ0) is 12.3. The molecule has 0 spiro atoms. The Hall–Kier alpha value is -1.55. The van der Waals surface area contributed by atoms with Gasteiger partial charge in [-0.05, 0) is 43.1 Å². The van der Waals surface area contributed by atoms with Crippen molar-refractivity contribution in [2.75, 3.05) is 0 Å². The largest absolute Gasteiger partial charge is 0.284 e. The van der Waals surface area contributed by atoms with Crippen molar-refractivity contribution in [3.8, 4) is 12.3 Å². The number of rotatable bonds is 2. The van der Waals surface area contributed by atoms with Crippen LogP contribution in [0.4, 0.5) is 0 Å². The Morgan fingerprint density at radius 2 is 1.88 bits per heavy atom. The third-order valence-corrected chi connectivity index (χ3v) is 4.02. The lowest BCUT2D eigenvalue weighted by atomic mass is 9.65. The lowest BCUT2D eigenvalue weighted by Crippen LogP contribution is -2.38. The van der Waals surface area contributed by atoms with Gasteiger partial charge in [-0.2, -0.15) is 0 Å². The molecule has 0 N–H and O–H groups in total. The summed E-state index contributed by atoms with van der Waals surface area (Å²) in [7, 11) is 0. The Kier molecular flexibility index (Phi) is 3.33. The SMILES string of the molecule is C#CC(=O)[C@]1(c2ccccc2)CC[C@H](C)CC1. The van der Waals surface area contributed by atoms with Gasteiger partial charge in [-0.15, -0.1) is 6.42 Å². The molecule has 0 unspecified atom stereocenters. The van der Waals surface area contributed by atoms with Crippen LogP contribution in [0.15, 0.2) is 30.3 Å². The predicted octanol–water partition coefficient (Wildman–Crippen LogP) is 3.34. The first kappa shape index (κ1) is 11.9. The van der Waals surface area contributed by atoms with Gasteiger partial charge in [0.2, 0.25) is 5.78 Å². The Morgan fingerprint density at radius 3 is 2.41 bits per heavy atom. The summed E-state index contributed by atoms with van der Waals surface area (Å²) in [5, 5.41) is 0. The molecule has 1 aromatic carbocycles. The average molecular weight is 226 g/mol. The van der Waals surface area contributed by atoms with Gasteiger partial charge in [0, 0.05) is 0 Å². The van der Waals surface area contributed by atoms with Crippen LogP contribution in [-0.2, 0) is 10.2 Å². The van der Waals surface area contributed by atoms with Gasteiger partial charge in [0.15, 0.2) is 0 Å². The van der Waals surface area contributed by atoms with Crippen LogP contribution < -0.4 is 0 Å². The molecule has 0 atom stereocenters. The molecule has 0 amide bonds. The highest BCUT2D eigenvalue weighted by Crippen LogP contribution is 2.42. The second-order valence-corrected chi connectivity index (χ2v) is 5.10. The van der Waals surface area contributed by atoms with Gasteiger partial charge < -0.3 is 0 Å². The molecule has 2 rings (SSSR count). The molecule has 0 saturated heterocycles. The Morgan fingerprint density at radius 1 is 1.29 bits per heavy atom. The minimum Gasteiger partial charge on any atom is -0.284 e. The Bertz CT molecular complexity index is 430. The topological polar surface area (TPSA) is 17.1 Å². The highest BCUT2D eigenvalue weighted by atomic mass is 16.1. The molecule has 1 aromatic rings. The van der Waals surface area contributed by atoms with Crippen LogP contribution >= 0.6 is 0 Å². The number of carbonyl (C=O) groups is 1. The molecule has 1 aliphatic carbocycles. The second-order valence-electron chi connectivity index (χ2n) is 5.10. The lowest BCUT2D eigenvalue weighted by Gasteiger charge is -2.37. The first-order valence-electron chi connectivity index (χ1n) is 6.25. The van der Waals surface area contributed by atoms with Crippen molar-refractivity contribution in [3.63, 3.8) is 0 Å². The van der Waals surface area contributed by atoms with E-state index in [2.05, 4.69) is 12.8 Å². The summed E-state index contributed by atoms with van der Waals surface area (Å²) in [5.41, 5.74) is 0.678. The van der Waals surface area contributed by atoms with Crippen molar-refractivity contribution in [1.29, 1.82) is 0 Å². The number of Topliss-reactive ketones (excluding diaryl/α,β-unsaturated/α-hetero) is 1. The van der Waals surface area contributed by atoms with Gasteiger partial charge in [-0.25, -0.2) is 0 Å². The van der Waals surface area contributed by atoms with Crippen LogP contribution in [0.1, 0.15) is 38.2 Å². The maximum Gasteiger partial charge on any atom is 0.215 e. The van der Waals surface area contributed by atoms with Crippen LogP contribution in [0.5, 0.6) is 0 Å². The number of carbonyl (C=O) groups excluding carboxylic acids is 1. The summed E-state index contributed by atoms with van der Waals surface area (Å²) in [6.07, 6.45) is 9.31. The fourth-order valence-corrected chi connectivity index (χ4v) is 2.80. The Balaban J connectivity index is 2.39. The van der Waals surface area contributed by atoms with Crippen molar-refractivity contribution >= 4 is 5.78 Å². The number of benzene rings is 1. The van der Waals surface area contributed by atoms with E-state index in [1.807, 2.05) is 30.3 Å². The number of terminal acetylenes is 1. The molecule has 0 heterocycles. The van der Waals surface area contributed by atoms with E-state index in [-0.39, 0.29) is 5.78 Å². The minimum absolute atomic E-state index is 0.0457. The van der Waals surface area contributed by atoms with Crippen LogP contribution in [0, 0.1) is 18.3 Å². The van der Waals surface area contributed by atoms with Crippen LogP contribution in [0.3, 0.4) is 0 Å². The second kappa shape index (κ2) is 4.75. The summed E-state index contributed by atoms with van der Waals surface area (Å²) in [6.45, 7) is 2.25. The summed E-state index contributed by atoms with van der Waals surface area (Å²) in [5.74, 6) is 3.01. The third-order valence-electron chi connectivity index (χ3n) is 4.02. The lowest BCUT2D eigenvalue weighted by molar-refractivity contribution is -0.120. The molecular weight excluding hydrogens is 208 g/mol. The van der Waals surface area contributed by atoms with Crippen molar-refractivity contribution < 1.29 is 4.79 Å². The molecule has 0 radical (unpaired) electrons. The normalized spacial score (nSPS) is 28.4. The zero-order valence-corrected chi connectivity index (χ0v) is 10.3. The number of hydrogen-bond acceptors (Lipinski definition) is 1. The van der Waals surface area contributed by atoms with E-state index in [9.17, 15) is 4.79 Å². The van der Waals surface area contributed by atoms with Crippen molar-refractivity contribution in [3.05, 3.63) is 35.9 Å². The highest BCUT2D eigenvalue weighted by Gasteiger charge is 2.41. The molecule has 0 bridgehead atoms. The molecule has 1 aliphatic rings. The molecule has 1 heteroatoms. The van der Waals surface area contributed by atoms with E-state index < -0.39 is 5.41 Å². The summed E-state index contributed by atoms with van der Waals surface area (Å²) in [6, 6.07) is 10.0. The van der Waals surface area contributed by atoms with Crippen LogP contribution in [0.2, 0.25) is 0 Å². The zero-order valence-electron chi connectivity index (χ0n) is 10.3. The molecule has 1 saturated carbocycles. The van der Waals surface area contributed by atoms with E-state index in [0.29, 0.717) is 5.92 Å². The molecule has 1 nitrogen and oxygen atoms in total.